The summed E-state index contributed by atoms with van der Waals surface area (Å²) in [6.45, 7) is 0. The molecule has 0 spiro atoms. The molecule has 2 rings (SSSR count). The number of halogens is 2. The van der Waals surface area contributed by atoms with Crippen LogP contribution < -0.4 is 0 Å². The van der Waals surface area contributed by atoms with Crippen LogP contribution in [0.5, 0.6) is 0 Å². The molecule has 0 saturated heterocycles. The molecule has 1 aromatic carbocycles. The van der Waals surface area contributed by atoms with Crippen molar-refractivity contribution in [3.8, 4) is 0 Å². The number of carbonyl (C=O) groups is 1. The molecule has 0 bridgehead atoms. The maximum Gasteiger partial charge on any atom is 0.336 e. The summed E-state index contributed by atoms with van der Waals surface area (Å²) in [5.74, 6) is -1.10. The zero-order chi connectivity index (χ0) is 11.0. The minimum atomic E-state index is -2.55. The number of aromatic carboxylic acids is 1. The minimum absolute atomic E-state index is 0.0654. The van der Waals surface area contributed by atoms with Crippen LogP contribution in [0, 0.1) is 0 Å². The van der Waals surface area contributed by atoms with Gasteiger partial charge in [0, 0.05) is 10.1 Å². The van der Waals surface area contributed by atoms with E-state index >= 15 is 0 Å². The molecule has 1 N–H and O–H groups in total. The molecular weight excluding hydrogens is 222 g/mol. The van der Waals surface area contributed by atoms with Crippen LogP contribution in [-0.4, -0.2) is 11.1 Å². The molecule has 0 radical (unpaired) electrons. The Morgan fingerprint density at radius 1 is 1.40 bits per heavy atom. The van der Waals surface area contributed by atoms with Crippen molar-refractivity contribution in [1.82, 2.24) is 0 Å². The Bertz CT molecular complexity index is 519. The highest BCUT2D eigenvalue weighted by molar-refractivity contribution is 7.19. The Hall–Kier alpha value is -1.49. The van der Waals surface area contributed by atoms with Crippen LogP contribution in [0.1, 0.15) is 21.7 Å². The van der Waals surface area contributed by atoms with Gasteiger partial charge in [0.05, 0.1) is 10.4 Å². The molecule has 1 aromatic heterocycles. The number of hydrogen-bond donors (Lipinski definition) is 1. The van der Waals surface area contributed by atoms with E-state index in [-0.39, 0.29) is 10.4 Å². The molecule has 1 heterocycles. The zero-order valence-electron chi connectivity index (χ0n) is 7.41. The summed E-state index contributed by atoms with van der Waals surface area (Å²) in [5, 5.41) is 9.23. The molecule has 0 atom stereocenters. The molecule has 78 valence electrons. The van der Waals surface area contributed by atoms with E-state index in [1.54, 1.807) is 12.1 Å². The van der Waals surface area contributed by atoms with Gasteiger partial charge in [-0.1, -0.05) is 6.07 Å². The molecule has 0 aliphatic rings. The van der Waals surface area contributed by atoms with Gasteiger partial charge in [-0.15, -0.1) is 11.3 Å². The second-order valence-electron chi connectivity index (χ2n) is 2.97. The second-order valence-corrected chi connectivity index (χ2v) is 4.09. The highest BCUT2D eigenvalue weighted by Crippen LogP contribution is 2.33. The van der Waals surface area contributed by atoms with Gasteiger partial charge in [0.25, 0.3) is 6.43 Å². The van der Waals surface area contributed by atoms with Crippen LogP contribution in [0.25, 0.3) is 10.1 Å². The third kappa shape index (κ3) is 1.70. The first-order chi connectivity index (χ1) is 7.09. The Morgan fingerprint density at radius 3 is 2.73 bits per heavy atom. The summed E-state index contributed by atoms with van der Waals surface area (Å²) in [5.41, 5.74) is 0.0654. The molecule has 2 aromatic rings. The van der Waals surface area contributed by atoms with Crippen molar-refractivity contribution < 1.29 is 18.7 Å². The summed E-state index contributed by atoms with van der Waals surface area (Å²) in [6.07, 6.45) is -2.55. The summed E-state index contributed by atoms with van der Waals surface area (Å²) >= 11 is 0.924. The molecular formula is C10H6F2O2S. The second kappa shape index (κ2) is 3.58. The van der Waals surface area contributed by atoms with Crippen molar-refractivity contribution in [3.63, 3.8) is 0 Å². The first kappa shape index (κ1) is 10.0. The van der Waals surface area contributed by atoms with Crippen molar-refractivity contribution in [2.75, 3.05) is 0 Å². The van der Waals surface area contributed by atoms with E-state index in [9.17, 15) is 13.6 Å². The van der Waals surface area contributed by atoms with Gasteiger partial charge in [0.1, 0.15) is 0 Å². The van der Waals surface area contributed by atoms with Crippen LogP contribution in [0.3, 0.4) is 0 Å². The third-order valence-electron chi connectivity index (χ3n) is 2.03. The summed E-state index contributed by atoms with van der Waals surface area (Å²) in [4.78, 5) is 10.7. The third-order valence-corrected chi connectivity index (χ3v) is 3.13. The highest BCUT2D eigenvalue weighted by atomic mass is 32.1. The Labute approximate surface area is 87.8 Å². The van der Waals surface area contributed by atoms with E-state index in [0.717, 1.165) is 11.3 Å². The molecule has 0 fully saturated rings. The number of rotatable bonds is 2. The van der Waals surface area contributed by atoms with Crippen LogP contribution in [0.15, 0.2) is 24.3 Å². The van der Waals surface area contributed by atoms with E-state index in [0.29, 0.717) is 10.1 Å². The van der Waals surface area contributed by atoms with Crippen LogP contribution in [0.4, 0.5) is 8.78 Å². The van der Waals surface area contributed by atoms with Crippen LogP contribution in [0.2, 0.25) is 0 Å². The standard InChI is InChI=1S/C10H6F2O2S/c11-9(12)8-4-6-5(10(13)14)2-1-3-7(6)15-8/h1-4,9H,(H,13,14). The average Bonchev–Trinajstić information content (AvgIpc) is 2.60. The van der Waals surface area contributed by atoms with E-state index in [2.05, 4.69) is 0 Å². The normalized spacial score (nSPS) is 11.1. The van der Waals surface area contributed by atoms with E-state index in [1.807, 2.05) is 0 Å². The van der Waals surface area contributed by atoms with Gasteiger partial charge in [-0.05, 0) is 18.2 Å². The minimum Gasteiger partial charge on any atom is -0.478 e. The number of carboxylic acid groups (broad SMARTS) is 1. The van der Waals surface area contributed by atoms with Crippen LogP contribution >= 0.6 is 11.3 Å². The van der Waals surface area contributed by atoms with Crippen molar-refractivity contribution in [1.29, 1.82) is 0 Å². The van der Waals surface area contributed by atoms with Crippen molar-refractivity contribution in [3.05, 3.63) is 34.7 Å². The zero-order valence-corrected chi connectivity index (χ0v) is 8.22. The Balaban J connectivity index is 2.70. The lowest BCUT2D eigenvalue weighted by atomic mass is 10.1. The van der Waals surface area contributed by atoms with Crippen molar-refractivity contribution >= 4 is 27.4 Å². The van der Waals surface area contributed by atoms with Gasteiger partial charge >= 0.3 is 5.97 Å². The van der Waals surface area contributed by atoms with E-state index in [1.165, 1.54) is 12.1 Å². The Kier molecular flexibility index (Phi) is 2.40. The summed E-state index contributed by atoms with van der Waals surface area (Å²) < 4.78 is 25.4. The predicted molar refractivity (Wildman–Crippen MR) is 53.7 cm³/mol. The fourth-order valence-electron chi connectivity index (χ4n) is 1.37. The topological polar surface area (TPSA) is 37.3 Å². The predicted octanol–water partition coefficient (Wildman–Crippen LogP) is 3.54. The van der Waals surface area contributed by atoms with Crippen LogP contribution in [-0.2, 0) is 0 Å². The summed E-state index contributed by atoms with van der Waals surface area (Å²) in [7, 11) is 0. The molecule has 0 saturated carbocycles. The fourth-order valence-corrected chi connectivity index (χ4v) is 2.32. The Morgan fingerprint density at radius 2 is 2.13 bits per heavy atom. The fraction of sp³-hybridized carbons (Fsp3) is 0.100. The average molecular weight is 228 g/mol. The number of thiophene rings is 1. The number of hydrogen-bond acceptors (Lipinski definition) is 2. The molecule has 15 heavy (non-hydrogen) atoms. The monoisotopic (exact) mass is 228 g/mol. The smallest absolute Gasteiger partial charge is 0.336 e. The van der Waals surface area contributed by atoms with Crippen molar-refractivity contribution in [2.24, 2.45) is 0 Å². The van der Waals surface area contributed by atoms with Gasteiger partial charge in [0.2, 0.25) is 0 Å². The van der Waals surface area contributed by atoms with E-state index < -0.39 is 12.4 Å². The number of alkyl halides is 2. The lowest BCUT2D eigenvalue weighted by molar-refractivity contribution is 0.0699. The lowest BCUT2D eigenvalue weighted by Gasteiger charge is -1.94. The SMILES string of the molecule is O=C(O)c1cccc2sc(C(F)F)cc12. The molecule has 5 heteroatoms. The first-order valence-electron chi connectivity index (χ1n) is 4.13. The molecule has 0 aliphatic heterocycles. The molecule has 0 amide bonds. The van der Waals surface area contributed by atoms with Gasteiger partial charge in [-0.2, -0.15) is 0 Å². The maximum absolute atomic E-state index is 12.4. The van der Waals surface area contributed by atoms with Gasteiger partial charge in [-0.3, -0.25) is 0 Å². The molecule has 0 aliphatic carbocycles. The quantitative estimate of drug-likeness (QED) is 0.853. The largest absolute Gasteiger partial charge is 0.478 e. The van der Waals surface area contributed by atoms with Gasteiger partial charge < -0.3 is 5.11 Å². The summed E-state index contributed by atoms with van der Waals surface area (Å²) in [6, 6.07) is 5.84. The maximum atomic E-state index is 12.4. The highest BCUT2D eigenvalue weighted by Gasteiger charge is 2.15. The number of carboxylic acids is 1. The molecule has 0 unspecified atom stereocenters. The number of benzene rings is 1. The number of fused-ring (bicyclic) bond motifs is 1. The van der Waals surface area contributed by atoms with Gasteiger partial charge in [0.15, 0.2) is 0 Å². The van der Waals surface area contributed by atoms with E-state index in [4.69, 9.17) is 5.11 Å². The first-order valence-corrected chi connectivity index (χ1v) is 4.95. The van der Waals surface area contributed by atoms with Gasteiger partial charge in [-0.25, -0.2) is 13.6 Å². The molecule has 2 nitrogen and oxygen atoms in total. The lowest BCUT2D eigenvalue weighted by Crippen LogP contribution is -1.95. The van der Waals surface area contributed by atoms with Crippen molar-refractivity contribution in [2.45, 2.75) is 6.43 Å².